The minimum Gasteiger partial charge on any atom is -0.454 e. The van der Waals surface area contributed by atoms with Crippen LogP contribution in [0.4, 0.5) is 0 Å². The lowest BCUT2D eigenvalue weighted by Crippen LogP contribution is -2.27. The van der Waals surface area contributed by atoms with Crippen LogP contribution in [-0.2, 0) is 14.3 Å². The minimum absolute atomic E-state index is 0.0889. The van der Waals surface area contributed by atoms with Crippen molar-refractivity contribution in [3.8, 4) is 0 Å². The number of hydrogen-bond donors (Lipinski definition) is 0. The average molecular weight is 168 g/mol. The van der Waals surface area contributed by atoms with Gasteiger partial charge in [0.1, 0.15) is 0 Å². The van der Waals surface area contributed by atoms with Gasteiger partial charge in [0.25, 0.3) is 0 Å². The molecule has 66 valence electrons. The van der Waals surface area contributed by atoms with Crippen LogP contribution in [0.15, 0.2) is 11.6 Å². The lowest BCUT2D eigenvalue weighted by molar-refractivity contribution is -0.152. The summed E-state index contributed by atoms with van der Waals surface area (Å²) in [6, 6.07) is 0. The van der Waals surface area contributed by atoms with E-state index in [1.165, 1.54) is 6.92 Å². The molecule has 0 aromatic heterocycles. The number of esters is 1. The molecule has 0 heterocycles. The molecule has 1 atom stereocenters. The molecule has 0 radical (unpaired) electrons. The van der Waals surface area contributed by atoms with Crippen molar-refractivity contribution in [1.82, 2.24) is 0 Å². The maximum atomic E-state index is 11.2. The second-order valence-corrected chi connectivity index (χ2v) is 3.03. The van der Waals surface area contributed by atoms with Gasteiger partial charge in [0.05, 0.1) is 0 Å². The van der Waals surface area contributed by atoms with Gasteiger partial charge in [-0.15, -0.1) is 0 Å². The van der Waals surface area contributed by atoms with Crippen molar-refractivity contribution < 1.29 is 14.3 Å². The molecule has 1 aliphatic rings. The fourth-order valence-corrected chi connectivity index (χ4v) is 1.23. The van der Waals surface area contributed by atoms with Crippen molar-refractivity contribution in [2.75, 3.05) is 0 Å². The second-order valence-electron chi connectivity index (χ2n) is 3.03. The van der Waals surface area contributed by atoms with Crippen LogP contribution in [0.2, 0.25) is 0 Å². The summed E-state index contributed by atoms with van der Waals surface area (Å²) < 4.78 is 4.82. The first kappa shape index (κ1) is 8.97. The lowest BCUT2D eigenvalue weighted by Gasteiger charge is -2.18. The summed E-state index contributed by atoms with van der Waals surface area (Å²) in [6.07, 6.45) is 2.48. The lowest BCUT2D eigenvalue weighted by atomic mass is 9.97. The normalized spacial score (nSPS) is 23.3. The first-order valence-electron chi connectivity index (χ1n) is 3.98. The van der Waals surface area contributed by atoms with Gasteiger partial charge < -0.3 is 4.74 Å². The Kier molecular flexibility index (Phi) is 2.63. The van der Waals surface area contributed by atoms with Crippen LogP contribution >= 0.6 is 0 Å². The maximum Gasteiger partial charge on any atom is 0.303 e. The zero-order valence-corrected chi connectivity index (χ0v) is 7.29. The van der Waals surface area contributed by atoms with E-state index in [1.807, 2.05) is 6.92 Å². The van der Waals surface area contributed by atoms with Crippen molar-refractivity contribution in [2.45, 2.75) is 32.8 Å². The topological polar surface area (TPSA) is 43.4 Å². The predicted octanol–water partition coefficient (Wildman–Crippen LogP) is 1.23. The maximum absolute atomic E-state index is 11.2. The molecule has 0 spiro atoms. The largest absolute Gasteiger partial charge is 0.454 e. The fourth-order valence-electron chi connectivity index (χ4n) is 1.23. The summed E-state index contributed by atoms with van der Waals surface area (Å²) >= 11 is 0. The van der Waals surface area contributed by atoms with Crippen LogP contribution in [0, 0.1) is 0 Å². The highest BCUT2D eigenvalue weighted by atomic mass is 16.5. The van der Waals surface area contributed by atoms with E-state index < -0.39 is 6.10 Å². The number of carbonyl (C=O) groups excluding carboxylic acids is 2. The van der Waals surface area contributed by atoms with Gasteiger partial charge in [-0.05, 0) is 25.8 Å². The van der Waals surface area contributed by atoms with Crippen LogP contribution in [0.25, 0.3) is 0 Å². The fraction of sp³-hybridized carbons (Fsp3) is 0.556. The van der Waals surface area contributed by atoms with Crippen LogP contribution < -0.4 is 0 Å². The van der Waals surface area contributed by atoms with Crippen molar-refractivity contribution in [3.05, 3.63) is 11.6 Å². The molecule has 0 aromatic rings. The Morgan fingerprint density at radius 2 is 2.33 bits per heavy atom. The minimum atomic E-state index is -0.536. The summed E-state index contributed by atoms with van der Waals surface area (Å²) in [4.78, 5) is 21.7. The number of carbonyl (C=O) groups is 2. The standard InChI is InChI=1S/C9H12O3/c1-6-3-4-9(8(11)5-6)12-7(2)10/h5,9H,3-4H2,1-2H3. The average Bonchev–Trinajstić information content (AvgIpc) is 1.94. The highest BCUT2D eigenvalue weighted by molar-refractivity contribution is 5.96. The molecule has 0 saturated carbocycles. The smallest absolute Gasteiger partial charge is 0.303 e. The number of rotatable bonds is 1. The quantitative estimate of drug-likeness (QED) is 0.553. The highest BCUT2D eigenvalue weighted by Crippen LogP contribution is 2.17. The van der Waals surface area contributed by atoms with Gasteiger partial charge in [-0.1, -0.05) is 5.57 Å². The number of hydrogen-bond acceptors (Lipinski definition) is 3. The van der Waals surface area contributed by atoms with E-state index in [4.69, 9.17) is 4.74 Å². The Morgan fingerprint density at radius 3 is 2.83 bits per heavy atom. The molecule has 1 unspecified atom stereocenters. The third kappa shape index (κ3) is 2.19. The van der Waals surface area contributed by atoms with E-state index >= 15 is 0 Å². The molecule has 0 amide bonds. The Hall–Kier alpha value is -1.12. The van der Waals surface area contributed by atoms with Gasteiger partial charge in [0.15, 0.2) is 11.9 Å². The third-order valence-electron chi connectivity index (χ3n) is 1.82. The van der Waals surface area contributed by atoms with Gasteiger partial charge in [-0.25, -0.2) is 0 Å². The van der Waals surface area contributed by atoms with Crippen molar-refractivity contribution in [1.29, 1.82) is 0 Å². The summed E-state index contributed by atoms with van der Waals surface area (Å²) in [5.41, 5.74) is 1.06. The number of allylic oxidation sites excluding steroid dienone is 1. The van der Waals surface area contributed by atoms with Gasteiger partial charge in [0.2, 0.25) is 0 Å². The molecule has 1 aliphatic carbocycles. The summed E-state index contributed by atoms with van der Waals surface area (Å²) in [7, 11) is 0. The Bertz CT molecular complexity index is 240. The van der Waals surface area contributed by atoms with E-state index in [2.05, 4.69) is 0 Å². The SMILES string of the molecule is CC(=O)OC1CCC(C)=CC1=O. The molecule has 1 rings (SSSR count). The Morgan fingerprint density at radius 1 is 1.67 bits per heavy atom. The molecular formula is C9H12O3. The van der Waals surface area contributed by atoms with Gasteiger partial charge in [-0.3, -0.25) is 9.59 Å². The Balaban J connectivity index is 2.59. The molecule has 0 fully saturated rings. The van der Waals surface area contributed by atoms with Crippen molar-refractivity contribution >= 4 is 11.8 Å². The highest BCUT2D eigenvalue weighted by Gasteiger charge is 2.22. The first-order valence-corrected chi connectivity index (χ1v) is 3.98. The molecular weight excluding hydrogens is 156 g/mol. The van der Waals surface area contributed by atoms with Crippen LogP contribution in [-0.4, -0.2) is 17.9 Å². The molecule has 0 saturated heterocycles. The molecule has 12 heavy (non-hydrogen) atoms. The Labute approximate surface area is 71.4 Å². The van der Waals surface area contributed by atoms with E-state index in [0.717, 1.165) is 12.0 Å². The number of ketones is 1. The zero-order chi connectivity index (χ0) is 9.14. The monoisotopic (exact) mass is 168 g/mol. The van der Waals surface area contributed by atoms with E-state index in [-0.39, 0.29) is 11.8 Å². The van der Waals surface area contributed by atoms with E-state index in [1.54, 1.807) is 6.08 Å². The third-order valence-corrected chi connectivity index (χ3v) is 1.82. The first-order chi connectivity index (χ1) is 5.59. The summed E-state index contributed by atoms with van der Waals surface area (Å²) in [5, 5.41) is 0. The number of ether oxygens (including phenoxy) is 1. The van der Waals surface area contributed by atoms with E-state index in [9.17, 15) is 9.59 Å². The van der Waals surface area contributed by atoms with Crippen LogP contribution in [0.1, 0.15) is 26.7 Å². The molecule has 0 bridgehead atoms. The molecule has 0 aromatic carbocycles. The molecule has 3 heteroatoms. The summed E-state index contributed by atoms with van der Waals surface area (Å²) in [6.45, 7) is 3.22. The van der Waals surface area contributed by atoms with Crippen molar-refractivity contribution in [2.24, 2.45) is 0 Å². The predicted molar refractivity (Wildman–Crippen MR) is 43.6 cm³/mol. The second kappa shape index (κ2) is 3.52. The van der Waals surface area contributed by atoms with Gasteiger partial charge in [0, 0.05) is 6.92 Å². The molecule has 0 aliphatic heterocycles. The van der Waals surface area contributed by atoms with E-state index in [0.29, 0.717) is 6.42 Å². The summed E-state index contributed by atoms with van der Waals surface area (Å²) in [5.74, 6) is -0.477. The molecule has 0 N–H and O–H groups in total. The van der Waals surface area contributed by atoms with Gasteiger partial charge >= 0.3 is 5.97 Å². The molecule has 3 nitrogen and oxygen atoms in total. The van der Waals surface area contributed by atoms with Crippen molar-refractivity contribution in [3.63, 3.8) is 0 Å². The van der Waals surface area contributed by atoms with Crippen LogP contribution in [0.5, 0.6) is 0 Å². The zero-order valence-electron chi connectivity index (χ0n) is 7.29. The van der Waals surface area contributed by atoms with Gasteiger partial charge in [-0.2, -0.15) is 0 Å². The van der Waals surface area contributed by atoms with Crippen LogP contribution in [0.3, 0.4) is 0 Å².